The average molecular weight is 461 g/mol. The molecular formula is C22H28N4O5S. The highest BCUT2D eigenvalue weighted by Gasteiger charge is 2.30. The zero-order valence-corrected chi connectivity index (χ0v) is 19.0. The van der Waals surface area contributed by atoms with Gasteiger partial charge in [-0.3, -0.25) is 24.1 Å². The summed E-state index contributed by atoms with van der Waals surface area (Å²) >= 11 is 0. The summed E-state index contributed by atoms with van der Waals surface area (Å²) in [6.07, 6.45) is 3.45. The molecule has 3 rings (SSSR count). The van der Waals surface area contributed by atoms with Gasteiger partial charge >= 0.3 is 0 Å². The molecule has 1 heterocycles. The molecule has 1 amide bonds. The number of carbonyl (C=O) groups excluding carboxylic acids is 1. The van der Waals surface area contributed by atoms with Crippen LogP contribution in [0.3, 0.4) is 0 Å². The first-order chi connectivity index (χ1) is 15.1. The summed E-state index contributed by atoms with van der Waals surface area (Å²) in [7, 11) is -3.86. The number of non-ortho nitro benzene ring substituents is 1. The van der Waals surface area contributed by atoms with Crippen molar-refractivity contribution in [1.29, 1.82) is 0 Å². The lowest BCUT2D eigenvalue weighted by atomic mass is 10.1. The Morgan fingerprint density at radius 3 is 2.38 bits per heavy atom. The van der Waals surface area contributed by atoms with E-state index >= 15 is 0 Å². The minimum Gasteiger partial charge on any atom is -0.350 e. The predicted molar refractivity (Wildman–Crippen MR) is 123 cm³/mol. The smallest absolute Gasteiger partial charge is 0.271 e. The summed E-state index contributed by atoms with van der Waals surface area (Å²) in [6, 6.07) is 12.1. The van der Waals surface area contributed by atoms with Crippen molar-refractivity contribution in [2.75, 3.05) is 23.7 Å². The lowest BCUT2D eigenvalue weighted by molar-refractivity contribution is -0.384. The third-order valence-corrected chi connectivity index (χ3v) is 6.72. The van der Waals surface area contributed by atoms with Gasteiger partial charge in [-0.15, -0.1) is 0 Å². The minimum atomic E-state index is -3.86. The maximum Gasteiger partial charge on any atom is 0.271 e. The van der Waals surface area contributed by atoms with Crippen LogP contribution in [0.1, 0.15) is 30.9 Å². The Morgan fingerprint density at radius 2 is 1.78 bits per heavy atom. The summed E-state index contributed by atoms with van der Waals surface area (Å²) in [5.41, 5.74) is 1.93. The monoisotopic (exact) mass is 460 g/mol. The number of nitro groups is 1. The number of carbonyl (C=O) groups is 1. The molecule has 10 heteroatoms. The molecule has 0 aliphatic carbocycles. The summed E-state index contributed by atoms with van der Waals surface area (Å²) < 4.78 is 25.7. The van der Waals surface area contributed by atoms with Crippen LogP contribution in [-0.4, -0.2) is 49.5 Å². The van der Waals surface area contributed by atoms with Crippen molar-refractivity contribution in [2.24, 2.45) is 0 Å². The molecule has 0 unspecified atom stereocenters. The molecule has 0 radical (unpaired) electrons. The fourth-order valence-electron chi connectivity index (χ4n) is 3.85. The van der Waals surface area contributed by atoms with E-state index in [-0.39, 0.29) is 17.9 Å². The molecule has 32 heavy (non-hydrogen) atoms. The van der Waals surface area contributed by atoms with Crippen molar-refractivity contribution >= 4 is 27.3 Å². The van der Waals surface area contributed by atoms with Crippen LogP contribution in [-0.2, 0) is 27.9 Å². The molecule has 9 nitrogen and oxygen atoms in total. The van der Waals surface area contributed by atoms with Crippen LogP contribution in [0.15, 0.2) is 48.5 Å². The third-order valence-electron chi connectivity index (χ3n) is 5.48. The molecule has 172 valence electrons. The second-order valence-corrected chi connectivity index (χ2v) is 9.89. The standard InChI is InChI=1S/C22H28N4O5S/c1-17(25(32(2,30)31)20-6-5-7-21(14-20)26(28)29)22(27)23-15-18-8-10-19(11-9-18)16-24-12-3-4-13-24/h5-11,14,17H,3-4,12-13,15-16H2,1-2H3,(H,23,27)/t17-/m0/s1. The molecule has 1 aliphatic rings. The fraction of sp³-hybridized carbons (Fsp3) is 0.409. The van der Waals surface area contributed by atoms with Gasteiger partial charge in [-0.2, -0.15) is 0 Å². The van der Waals surface area contributed by atoms with E-state index in [0.717, 1.165) is 41.8 Å². The van der Waals surface area contributed by atoms with E-state index < -0.39 is 26.9 Å². The number of hydrogen-bond acceptors (Lipinski definition) is 6. The number of sulfonamides is 1. The first kappa shape index (κ1) is 23.7. The molecule has 0 saturated carbocycles. The highest BCUT2D eigenvalue weighted by atomic mass is 32.2. The van der Waals surface area contributed by atoms with Crippen molar-refractivity contribution < 1.29 is 18.1 Å². The number of nitrogens with one attached hydrogen (secondary N) is 1. The maximum absolute atomic E-state index is 12.7. The van der Waals surface area contributed by atoms with E-state index in [1.165, 1.54) is 43.5 Å². The van der Waals surface area contributed by atoms with Gasteiger partial charge in [0.2, 0.25) is 15.9 Å². The second-order valence-electron chi connectivity index (χ2n) is 8.03. The van der Waals surface area contributed by atoms with E-state index in [1.54, 1.807) is 0 Å². The van der Waals surface area contributed by atoms with Gasteiger partial charge < -0.3 is 5.32 Å². The first-order valence-corrected chi connectivity index (χ1v) is 12.3. The number of nitro benzene ring substituents is 1. The molecule has 0 spiro atoms. The van der Waals surface area contributed by atoms with Gasteiger partial charge in [-0.05, 0) is 50.0 Å². The number of likely N-dealkylation sites (tertiary alicyclic amines) is 1. The Labute approximate surface area is 188 Å². The summed E-state index contributed by atoms with van der Waals surface area (Å²) in [4.78, 5) is 25.6. The van der Waals surface area contributed by atoms with Crippen molar-refractivity contribution in [2.45, 2.75) is 38.9 Å². The number of amides is 1. The summed E-state index contributed by atoms with van der Waals surface area (Å²) in [5, 5.41) is 13.8. The highest BCUT2D eigenvalue weighted by Crippen LogP contribution is 2.25. The van der Waals surface area contributed by atoms with Crippen LogP contribution < -0.4 is 9.62 Å². The highest BCUT2D eigenvalue weighted by molar-refractivity contribution is 7.92. The average Bonchev–Trinajstić information content (AvgIpc) is 3.25. The van der Waals surface area contributed by atoms with Gasteiger partial charge in [0.15, 0.2) is 0 Å². The number of benzene rings is 2. The third kappa shape index (κ3) is 6.04. The quantitative estimate of drug-likeness (QED) is 0.455. The predicted octanol–water partition coefficient (Wildman–Crippen LogP) is 2.66. The Bertz CT molecular complexity index is 1070. The topological polar surface area (TPSA) is 113 Å². The minimum absolute atomic E-state index is 0.0654. The van der Waals surface area contributed by atoms with Crippen molar-refractivity contribution in [3.63, 3.8) is 0 Å². The van der Waals surface area contributed by atoms with Crippen molar-refractivity contribution in [3.8, 4) is 0 Å². The molecule has 2 aromatic carbocycles. The van der Waals surface area contributed by atoms with Crippen molar-refractivity contribution in [3.05, 3.63) is 69.8 Å². The Balaban J connectivity index is 1.66. The van der Waals surface area contributed by atoms with Gasteiger partial charge in [0, 0.05) is 25.2 Å². The largest absolute Gasteiger partial charge is 0.350 e. The lowest BCUT2D eigenvalue weighted by Crippen LogP contribution is -2.47. The van der Waals surface area contributed by atoms with Crippen LogP contribution in [0.25, 0.3) is 0 Å². The molecule has 1 fully saturated rings. The van der Waals surface area contributed by atoms with E-state index in [0.29, 0.717) is 0 Å². The number of nitrogens with zero attached hydrogens (tertiary/aromatic N) is 3. The normalized spacial score (nSPS) is 15.3. The van der Waals surface area contributed by atoms with E-state index in [9.17, 15) is 23.3 Å². The van der Waals surface area contributed by atoms with Gasteiger partial charge in [-0.25, -0.2) is 8.42 Å². The number of anilines is 1. The zero-order chi connectivity index (χ0) is 23.3. The Kier molecular flexibility index (Phi) is 7.47. The molecule has 1 atom stereocenters. The van der Waals surface area contributed by atoms with Crippen LogP contribution in [0.2, 0.25) is 0 Å². The second kappa shape index (κ2) is 10.1. The van der Waals surface area contributed by atoms with E-state index in [1.807, 2.05) is 24.3 Å². The Hall–Kier alpha value is -2.98. The van der Waals surface area contributed by atoms with E-state index in [2.05, 4.69) is 10.2 Å². The summed E-state index contributed by atoms with van der Waals surface area (Å²) in [5.74, 6) is -0.497. The van der Waals surface area contributed by atoms with Gasteiger partial charge in [-0.1, -0.05) is 30.3 Å². The van der Waals surface area contributed by atoms with Gasteiger partial charge in [0.05, 0.1) is 16.9 Å². The van der Waals surface area contributed by atoms with E-state index in [4.69, 9.17) is 0 Å². The molecule has 0 aromatic heterocycles. The molecule has 2 aromatic rings. The number of hydrogen-bond donors (Lipinski definition) is 1. The first-order valence-electron chi connectivity index (χ1n) is 10.5. The van der Waals surface area contributed by atoms with Crippen LogP contribution >= 0.6 is 0 Å². The molecule has 1 aliphatic heterocycles. The molecule has 0 bridgehead atoms. The van der Waals surface area contributed by atoms with Crippen LogP contribution in [0.4, 0.5) is 11.4 Å². The fourth-order valence-corrected chi connectivity index (χ4v) is 5.02. The van der Waals surface area contributed by atoms with Crippen LogP contribution in [0.5, 0.6) is 0 Å². The lowest BCUT2D eigenvalue weighted by Gasteiger charge is -2.28. The molecular weight excluding hydrogens is 432 g/mol. The van der Waals surface area contributed by atoms with Gasteiger partial charge in [0.25, 0.3) is 5.69 Å². The van der Waals surface area contributed by atoms with Crippen molar-refractivity contribution in [1.82, 2.24) is 10.2 Å². The number of rotatable bonds is 9. The SMILES string of the molecule is C[C@@H](C(=O)NCc1ccc(CN2CCCC2)cc1)N(c1cccc([N+](=O)[O-])c1)S(C)(=O)=O. The van der Waals surface area contributed by atoms with Crippen LogP contribution in [0, 0.1) is 10.1 Å². The maximum atomic E-state index is 12.7. The van der Waals surface area contributed by atoms with Gasteiger partial charge in [0.1, 0.15) is 6.04 Å². The molecule has 1 N–H and O–H groups in total. The Morgan fingerprint density at radius 1 is 1.16 bits per heavy atom. The molecule has 1 saturated heterocycles. The zero-order valence-electron chi connectivity index (χ0n) is 18.2. The summed E-state index contributed by atoms with van der Waals surface area (Å²) in [6.45, 7) is 4.86.